The quantitative estimate of drug-likeness (QED) is 0.195. The molecule has 5 aromatic rings. The SMILES string of the molecule is COCc1cc2nc3n(c2cc1N1CCN(C2CCN(c4cc(F)c([C@@H]5CCC(=O)NC5=O)c(F)c4)CC2)CC1)C[C@H](C)CCCOc1c(cnn1C)-c1cc(cc(C)n1)C(=O)N3. The number of fused-ring (bicyclic) bond motifs is 7. The molecule has 2 aromatic carbocycles. The standard InChI is InChI=1S/C46H54F2N10O5/c1-27-6-5-17-63-45-34(24-49-54(45)3)37-19-29(18-28(2)50-37)43(60)53-46-51-38-20-30(26-62-4)39(23-40(38)58(46)25-27)57-15-13-56(14-16-57)31-9-11-55(12-10-31)32-21-35(47)42(36(48)22-32)33-7-8-41(59)52-44(33)61/h18-24,27,31,33H,5-17,25-26H2,1-4H3,(H,51,53,60)(H,52,59,61)/t27-,33+/m1/s1. The maximum atomic E-state index is 15.4. The van der Waals surface area contributed by atoms with Gasteiger partial charge in [-0.2, -0.15) is 5.10 Å². The van der Waals surface area contributed by atoms with Crippen molar-refractivity contribution < 1.29 is 32.6 Å². The zero-order chi connectivity index (χ0) is 43.9. The van der Waals surface area contributed by atoms with Gasteiger partial charge in [0.25, 0.3) is 5.91 Å². The van der Waals surface area contributed by atoms with E-state index in [9.17, 15) is 14.4 Å². The lowest BCUT2D eigenvalue weighted by Gasteiger charge is -2.44. The van der Waals surface area contributed by atoms with Gasteiger partial charge in [0.2, 0.25) is 23.6 Å². The molecule has 15 nitrogen and oxygen atoms in total. The van der Waals surface area contributed by atoms with Crippen molar-refractivity contribution >= 4 is 46.1 Å². The number of methoxy groups -OCH3 is 1. The van der Waals surface area contributed by atoms with Crippen LogP contribution in [0.3, 0.4) is 0 Å². The summed E-state index contributed by atoms with van der Waals surface area (Å²) in [6, 6.07) is 10.8. The molecule has 9 rings (SSSR count). The van der Waals surface area contributed by atoms with E-state index in [0.717, 1.165) is 79.7 Å². The minimum Gasteiger partial charge on any atom is -0.477 e. The number of nitrogens with one attached hydrogen (secondary N) is 2. The molecule has 63 heavy (non-hydrogen) atoms. The molecule has 3 amide bonds. The molecule has 0 spiro atoms. The van der Waals surface area contributed by atoms with Crippen LogP contribution in [0.1, 0.15) is 78.5 Å². The Labute approximate surface area is 364 Å². The summed E-state index contributed by atoms with van der Waals surface area (Å²) in [4.78, 5) is 54.7. The molecule has 2 atom stereocenters. The number of hydrogen-bond donors (Lipinski definition) is 2. The number of pyridine rings is 1. The second-order valence-electron chi connectivity index (χ2n) is 17.4. The van der Waals surface area contributed by atoms with Crippen molar-refractivity contribution in [1.29, 1.82) is 0 Å². The third-order valence-electron chi connectivity index (χ3n) is 13.1. The van der Waals surface area contributed by atoms with E-state index in [1.165, 1.54) is 12.1 Å². The topological polar surface area (TPSA) is 152 Å². The molecule has 0 saturated carbocycles. The normalized spacial score (nSPS) is 20.7. The molecule has 2 bridgehead atoms. The number of carbonyl (C=O) groups is 3. The van der Waals surface area contributed by atoms with Crippen LogP contribution < -0.4 is 25.2 Å². The zero-order valence-corrected chi connectivity index (χ0v) is 36.3. The maximum absolute atomic E-state index is 15.4. The van der Waals surface area contributed by atoms with Gasteiger partial charge in [-0.15, -0.1) is 0 Å². The first-order chi connectivity index (χ1) is 30.4. The summed E-state index contributed by atoms with van der Waals surface area (Å²) >= 11 is 0. The van der Waals surface area contributed by atoms with Gasteiger partial charge in [0, 0.05) is 106 Å². The number of nitrogens with zero attached hydrogens (tertiary/aromatic N) is 8. The number of piperazine rings is 1. The fourth-order valence-electron chi connectivity index (χ4n) is 9.81. The first-order valence-electron chi connectivity index (χ1n) is 22.0. The average molecular weight is 865 g/mol. The van der Waals surface area contributed by atoms with Crippen LogP contribution in [0.15, 0.2) is 42.6 Å². The van der Waals surface area contributed by atoms with Crippen LogP contribution in [-0.4, -0.2) is 106 Å². The van der Waals surface area contributed by atoms with E-state index in [-0.39, 0.29) is 30.2 Å². The highest BCUT2D eigenvalue weighted by Gasteiger charge is 2.34. The summed E-state index contributed by atoms with van der Waals surface area (Å²) in [5.74, 6) is -2.55. The van der Waals surface area contributed by atoms with Crippen LogP contribution in [0.25, 0.3) is 22.3 Å². The summed E-state index contributed by atoms with van der Waals surface area (Å²) in [6.07, 6.45) is 5.28. The molecule has 0 unspecified atom stereocenters. The smallest absolute Gasteiger partial charge is 0.258 e. The number of rotatable bonds is 6. The predicted octanol–water partition coefficient (Wildman–Crippen LogP) is 5.94. The van der Waals surface area contributed by atoms with E-state index >= 15 is 8.78 Å². The van der Waals surface area contributed by atoms with Crippen LogP contribution in [0.4, 0.5) is 26.1 Å². The van der Waals surface area contributed by atoms with Crippen molar-refractivity contribution in [3.05, 3.63) is 76.6 Å². The zero-order valence-electron chi connectivity index (χ0n) is 36.3. The van der Waals surface area contributed by atoms with Crippen molar-refractivity contribution in [2.24, 2.45) is 13.0 Å². The second kappa shape index (κ2) is 17.7. The van der Waals surface area contributed by atoms with Crippen molar-refractivity contribution in [2.75, 3.05) is 68.1 Å². The van der Waals surface area contributed by atoms with Gasteiger partial charge in [-0.3, -0.25) is 34.9 Å². The number of aryl methyl sites for hydroxylation is 2. The van der Waals surface area contributed by atoms with Gasteiger partial charge in [-0.1, -0.05) is 6.92 Å². The van der Waals surface area contributed by atoms with Crippen LogP contribution in [0.2, 0.25) is 0 Å². The fraction of sp³-hybridized carbons (Fsp3) is 0.478. The number of imidazole rings is 1. The van der Waals surface area contributed by atoms with Crippen molar-refractivity contribution in [3.8, 4) is 17.1 Å². The number of aromatic nitrogens is 5. The number of amides is 3. The van der Waals surface area contributed by atoms with Crippen LogP contribution in [0.5, 0.6) is 5.88 Å². The summed E-state index contributed by atoms with van der Waals surface area (Å²) < 4.78 is 46.5. The van der Waals surface area contributed by atoms with Crippen molar-refractivity contribution in [1.82, 2.24) is 34.5 Å². The maximum Gasteiger partial charge on any atom is 0.258 e. The molecular weight excluding hydrogens is 811 g/mol. The average Bonchev–Trinajstić information content (AvgIpc) is 3.79. The van der Waals surface area contributed by atoms with Crippen LogP contribution in [0, 0.1) is 24.5 Å². The van der Waals surface area contributed by atoms with Gasteiger partial charge in [0.1, 0.15) is 11.6 Å². The molecule has 3 fully saturated rings. The Bertz CT molecular complexity index is 2540. The molecular formula is C46H54F2N10O5. The highest BCUT2D eigenvalue weighted by molar-refractivity contribution is 6.05. The van der Waals surface area contributed by atoms with Gasteiger partial charge >= 0.3 is 0 Å². The van der Waals surface area contributed by atoms with E-state index in [1.807, 2.05) is 18.9 Å². The number of anilines is 3. The summed E-state index contributed by atoms with van der Waals surface area (Å²) in [5, 5.41) is 9.77. The van der Waals surface area contributed by atoms with Gasteiger partial charge < -0.3 is 23.8 Å². The lowest BCUT2D eigenvalue weighted by molar-refractivity contribution is -0.134. The van der Waals surface area contributed by atoms with Crippen molar-refractivity contribution in [3.63, 3.8) is 0 Å². The van der Waals surface area contributed by atoms with Gasteiger partial charge in [-0.05, 0) is 81.3 Å². The number of hydrogen-bond acceptors (Lipinski definition) is 11. The largest absolute Gasteiger partial charge is 0.477 e. The summed E-state index contributed by atoms with van der Waals surface area (Å²) in [6.45, 7) is 10.2. The van der Waals surface area contributed by atoms with Gasteiger partial charge in [0.15, 0.2) is 0 Å². The molecule has 2 N–H and O–H groups in total. The predicted molar refractivity (Wildman–Crippen MR) is 234 cm³/mol. The third kappa shape index (κ3) is 8.60. The molecule has 332 valence electrons. The first-order valence-corrected chi connectivity index (χ1v) is 22.0. The van der Waals surface area contributed by atoms with E-state index in [4.69, 9.17) is 19.4 Å². The first kappa shape index (κ1) is 42.4. The summed E-state index contributed by atoms with van der Waals surface area (Å²) in [7, 11) is 3.53. The Kier molecular flexibility index (Phi) is 11.9. The Morgan fingerprint density at radius 2 is 1.65 bits per heavy atom. The molecule has 4 aliphatic rings. The minimum absolute atomic E-state index is 0.0514. The van der Waals surface area contributed by atoms with E-state index in [2.05, 4.69) is 49.2 Å². The Morgan fingerprint density at radius 3 is 2.38 bits per heavy atom. The number of imide groups is 1. The van der Waals surface area contributed by atoms with Crippen LogP contribution >= 0.6 is 0 Å². The molecule has 4 aliphatic heterocycles. The Balaban J connectivity index is 0.910. The Morgan fingerprint density at radius 1 is 0.889 bits per heavy atom. The van der Waals surface area contributed by atoms with E-state index in [0.29, 0.717) is 73.4 Å². The summed E-state index contributed by atoms with van der Waals surface area (Å²) in [5.41, 5.74) is 6.51. The molecule has 0 aliphatic carbocycles. The fourth-order valence-corrected chi connectivity index (χ4v) is 9.81. The molecule has 0 radical (unpaired) electrons. The lowest BCUT2D eigenvalue weighted by atomic mass is 9.89. The van der Waals surface area contributed by atoms with E-state index in [1.54, 1.807) is 30.1 Å². The number of ether oxygens (including phenoxy) is 2. The Hall–Kier alpha value is -5.94. The highest BCUT2D eigenvalue weighted by Crippen LogP contribution is 2.36. The van der Waals surface area contributed by atoms with Gasteiger partial charge in [0.05, 0.1) is 47.6 Å². The number of carbonyl (C=O) groups excluding carboxylic acids is 3. The molecule has 3 aromatic heterocycles. The minimum atomic E-state index is -1.02. The molecule has 17 heteroatoms. The van der Waals surface area contributed by atoms with Crippen LogP contribution in [-0.2, 0) is 34.5 Å². The monoisotopic (exact) mass is 864 g/mol. The number of benzene rings is 2. The lowest BCUT2D eigenvalue weighted by Crippen LogP contribution is -2.53. The number of halogens is 2. The van der Waals surface area contributed by atoms with E-state index < -0.39 is 29.4 Å². The van der Waals surface area contributed by atoms with Gasteiger partial charge in [-0.25, -0.2) is 18.4 Å². The molecule has 3 saturated heterocycles. The third-order valence-corrected chi connectivity index (χ3v) is 13.1. The highest BCUT2D eigenvalue weighted by atomic mass is 19.1. The molecule has 7 heterocycles. The second-order valence-corrected chi connectivity index (χ2v) is 17.4. The number of piperidine rings is 2. The van der Waals surface area contributed by atoms with Crippen molar-refractivity contribution in [2.45, 2.75) is 77.5 Å².